The zero-order chi connectivity index (χ0) is 25.8. The summed E-state index contributed by atoms with van der Waals surface area (Å²) in [6, 6.07) is 28.3. The third-order valence-electron chi connectivity index (χ3n) is 7.42. The highest BCUT2D eigenvalue weighted by Gasteiger charge is 2.53. The standard InChI is InChI=1S/C30H23N3O3S2/c34-27-24-23(21-17-32(15-18-9-3-1-4-10-18)22-14-8-7-13-20(21)22)26-29(37-25(24)28(35)31-27)33(30(36)38-26)16-19-11-5-2-6-12-19/h1-14,17,23-25H,15-16H2,(H,31,34,35)/t23-,24+,25+/m1/s1. The lowest BCUT2D eigenvalue weighted by molar-refractivity contribution is -0.125. The first kappa shape index (κ1) is 23.3. The molecule has 2 aromatic heterocycles. The van der Waals surface area contributed by atoms with Gasteiger partial charge in [-0.3, -0.25) is 24.3 Å². The van der Waals surface area contributed by atoms with E-state index in [1.165, 1.54) is 28.7 Å². The van der Waals surface area contributed by atoms with Crippen LogP contribution in [0.1, 0.15) is 27.5 Å². The fourth-order valence-corrected chi connectivity index (χ4v) is 8.44. The van der Waals surface area contributed by atoms with Crippen molar-refractivity contribution >= 4 is 45.8 Å². The van der Waals surface area contributed by atoms with E-state index in [4.69, 9.17) is 0 Å². The van der Waals surface area contributed by atoms with Gasteiger partial charge in [0.15, 0.2) is 0 Å². The number of nitrogens with one attached hydrogen (secondary N) is 1. The molecule has 3 aromatic carbocycles. The van der Waals surface area contributed by atoms with E-state index < -0.39 is 11.2 Å². The molecule has 0 bridgehead atoms. The summed E-state index contributed by atoms with van der Waals surface area (Å²) in [5, 5.41) is 3.82. The van der Waals surface area contributed by atoms with E-state index in [1.54, 1.807) is 4.57 Å². The number of hydrogen-bond acceptors (Lipinski definition) is 5. The zero-order valence-electron chi connectivity index (χ0n) is 20.2. The van der Waals surface area contributed by atoms with E-state index in [2.05, 4.69) is 40.3 Å². The van der Waals surface area contributed by atoms with Crippen molar-refractivity contribution in [2.45, 2.75) is 29.3 Å². The van der Waals surface area contributed by atoms with E-state index in [-0.39, 0.29) is 22.6 Å². The maximum Gasteiger partial charge on any atom is 0.308 e. The van der Waals surface area contributed by atoms with Crippen LogP contribution in [-0.2, 0) is 22.7 Å². The summed E-state index contributed by atoms with van der Waals surface area (Å²) in [7, 11) is 0. The van der Waals surface area contributed by atoms with Crippen LogP contribution in [0.15, 0.2) is 101 Å². The highest BCUT2D eigenvalue weighted by atomic mass is 32.2. The Balaban J connectivity index is 1.41. The van der Waals surface area contributed by atoms with Crippen LogP contribution in [0.3, 0.4) is 0 Å². The number of nitrogens with zero attached hydrogens (tertiary/aromatic N) is 2. The number of rotatable bonds is 5. The van der Waals surface area contributed by atoms with Crippen LogP contribution in [0.5, 0.6) is 0 Å². The molecule has 0 unspecified atom stereocenters. The monoisotopic (exact) mass is 537 g/mol. The molecular weight excluding hydrogens is 514 g/mol. The molecule has 7 rings (SSSR count). The molecule has 4 heterocycles. The van der Waals surface area contributed by atoms with Crippen molar-refractivity contribution in [1.82, 2.24) is 14.5 Å². The molecule has 1 saturated heterocycles. The molecule has 3 atom stereocenters. The lowest BCUT2D eigenvalue weighted by Crippen LogP contribution is -2.32. The Hall–Kier alpha value is -3.88. The molecular formula is C30H23N3O3S2. The molecule has 5 aromatic rings. The fourth-order valence-electron chi connectivity index (χ4n) is 5.71. The Kier molecular flexibility index (Phi) is 5.60. The van der Waals surface area contributed by atoms with Gasteiger partial charge in [-0.25, -0.2) is 0 Å². The third-order valence-corrected chi connectivity index (χ3v) is 10.0. The van der Waals surface area contributed by atoms with Crippen molar-refractivity contribution in [2.24, 2.45) is 5.92 Å². The normalized spacial score (nSPS) is 20.4. The molecule has 1 fully saturated rings. The smallest absolute Gasteiger partial charge is 0.308 e. The number of amides is 2. The Bertz CT molecular complexity index is 1750. The van der Waals surface area contributed by atoms with Gasteiger partial charge in [0, 0.05) is 34.4 Å². The molecule has 1 N–H and O–H groups in total. The van der Waals surface area contributed by atoms with Gasteiger partial charge in [-0.05, 0) is 22.8 Å². The van der Waals surface area contributed by atoms with Crippen LogP contribution in [0.25, 0.3) is 10.9 Å². The number of imide groups is 1. The van der Waals surface area contributed by atoms with Gasteiger partial charge in [0.05, 0.1) is 17.5 Å². The summed E-state index contributed by atoms with van der Waals surface area (Å²) in [6.45, 7) is 1.11. The lowest BCUT2D eigenvalue weighted by atomic mass is 9.83. The minimum Gasteiger partial charge on any atom is -0.343 e. The van der Waals surface area contributed by atoms with Gasteiger partial charge in [-0.1, -0.05) is 102 Å². The van der Waals surface area contributed by atoms with Gasteiger partial charge < -0.3 is 4.57 Å². The topological polar surface area (TPSA) is 73.1 Å². The molecule has 6 nitrogen and oxygen atoms in total. The number of thiazole rings is 1. The van der Waals surface area contributed by atoms with Crippen molar-refractivity contribution in [1.29, 1.82) is 0 Å². The molecule has 0 aliphatic carbocycles. The van der Waals surface area contributed by atoms with E-state index >= 15 is 0 Å². The van der Waals surface area contributed by atoms with Gasteiger partial charge in [-0.2, -0.15) is 0 Å². The zero-order valence-corrected chi connectivity index (χ0v) is 21.9. The molecule has 0 radical (unpaired) electrons. The molecule has 2 aliphatic heterocycles. The number of carbonyl (C=O) groups excluding carboxylic acids is 2. The summed E-state index contributed by atoms with van der Waals surface area (Å²) < 4.78 is 3.97. The van der Waals surface area contributed by atoms with Crippen LogP contribution in [0.2, 0.25) is 0 Å². The van der Waals surface area contributed by atoms with Crippen LogP contribution < -0.4 is 10.2 Å². The van der Waals surface area contributed by atoms with Crippen LogP contribution in [0.4, 0.5) is 0 Å². The van der Waals surface area contributed by atoms with E-state index in [9.17, 15) is 14.4 Å². The van der Waals surface area contributed by atoms with Gasteiger partial charge >= 0.3 is 4.87 Å². The minimum atomic E-state index is -0.577. The molecule has 38 heavy (non-hydrogen) atoms. The van der Waals surface area contributed by atoms with E-state index in [1.807, 2.05) is 60.7 Å². The SMILES string of the molecule is O=C1NC(=O)[C@H]2Sc3c(sc(=O)n3Cc3ccccc3)[C@H](c3cn(Cc4ccccc4)c4ccccc34)[C@H]12. The minimum absolute atomic E-state index is 0.0720. The Morgan fingerprint density at radius 1 is 0.763 bits per heavy atom. The first-order chi connectivity index (χ1) is 18.6. The molecule has 0 spiro atoms. The summed E-state index contributed by atoms with van der Waals surface area (Å²) in [5.41, 5.74) is 4.22. The fraction of sp³-hybridized carbons (Fsp3) is 0.167. The second-order valence-corrected chi connectivity index (χ2v) is 11.8. The molecule has 188 valence electrons. The maximum atomic E-state index is 13.4. The van der Waals surface area contributed by atoms with Gasteiger partial charge in [0.25, 0.3) is 0 Å². The first-order valence-electron chi connectivity index (χ1n) is 12.5. The number of para-hydroxylation sites is 1. The van der Waals surface area contributed by atoms with E-state index in [0.29, 0.717) is 13.1 Å². The molecule has 0 saturated carbocycles. The lowest BCUT2D eigenvalue weighted by Gasteiger charge is -2.30. The highest BCUT2D eigenvalue weighted by Crippen LogP contribution is 2.53. The molecule has 8 heteroatoms. The molecule has 2 amide bonds. The molecule has 2 aliphatic rings. The Morgan fingerprint density at radius 2 is 1.42 bits per heavy atom. The van der Waals surface area contributed by atoms with Gasteiger partial charge in [0.2, 0.25) is 11.8 Å². The van der Waals surface area contributed by atoms with Crippen molar-refractivity contribution in [3.05, 3.63) is 122 Å². The highest BCUT2D eigenvalue weighted by molar-refractivity contribution is 8.00. The predicted molar refractivity (Wildman–Crippen MR) is 150 cm³/mol. The van der Waals surface area contributed by atoms with Crippen molar-refractivity contribution in [2.75, 3.05) is 0 Å². The number of carbonyl (C=O) groups is 2. The van der Waals surface area contributed by atoms with Gasteiger partial charge in [0.1, 0.15) is 5.25 Å². The third kappa shape index (κ3) is 3.75. The largest absolute Gasteiger partial charge is 0.343 e. The van der Waals surface area contributed by atoms with Crippen LogP contribution in [0, 0.1) is 5.92 Å². The average molecular weight is 538 g/mol. The maximum absolute atomic E-state index is 13.4. The first-order valence-corrected chi connectivity index (χ1v) is 14.2. The summed E-state index contributed by atoms with van der Waals surface area (Å²) in [5.74, 6) is -1.50. The summed E-state index contributed by atoms with van der Waals surface area (Å²) >= 11 is 2.55. The van der Waals surface area contributed by atoms with Crippen molar-refractivity contribution < 1.29 is 9.59 Å². The Morgan fingerprint density at radius 3 is 2.16 bits per heavy atom. The van der Waals surface area contributed by atoms with Crippen LogP contribution >= 0.6 is 23.1 Å². The second-order valence-electron chi connectivity index (χ2n) is 9.72. The second kappa shape index (κ2) is 9.15. The number of benzene rings is 3. The summed E-state index contributed by atoms with van der Waals surface area (Å²) in [6.07, 6.45) is 2.11. The number of aromatic nitrogens is 2. The van der Waals surface area contributed by atoms with Crippen LogP contribution in [-0.4, -0.2) is 26.2 Å². The predicted octanol–water partition coefficient (Wildman–Crippen LogP) is 4.84. The van der Waals surface area contributed by atoms with Gasteiger partial charge in [-0.15, -0.1) is 0 Å². The Labute approximate surface area is 226 Å². The number of hydrogen-bond donors (Lipinski definition) is 1. The van der Waals surface area contributed by atoms with Crippen molar-refractivity contribution in [3.63, 3.8) is 0 Å². The van der Waals surface area contributed by atoms with Crippen molar-refractivity contribution in [3.8, 4) is 0 Å². The average Bonchev–Trinajstić information content (AvgIpc) is 3.55. The number of thioether (sulfide) groups is 1. The number of fused-ring (bicyclic) bond motifs is 3. The van der Waals surface area contributed by atoms with E-state index in [0.717, 1.165) is 31.9 Å². The quantitative estimate of drug-likeness (QED) is 0.326. The summed E-state index contributed by atoms with van der Waals surface area (Å²) in [4.78, 5) is 40.3.